The van der Waals surface area contributed by atoms with Crippen LogP contribution in [0.3, 0.4) is 0 Å². The predicted molar refractivity (Wildman–Crippen MR) is 68.9 cm³/mol. The van der Waals surface area contributed by atoms with Crippen LogP contribution in [0.2, 0.25) is 0 Å². The summed E-state index contributed by atoms with van der Waals surface area (Å²) in [6, 6.07) is 8.36. The first-order valence-corrected chi connectivity index (χ1v) is 6.49. The number of hydrogen-bond donors (Lipinski definition) is 0. The van der Waals surface area contributed by atoms with Crippen LogP contribution >= 0.6 is 11.3 Å². The maximum Gasteiger partial charge on any atom is 0.456 e. The predicted octanol–water partition coefficient (Wildman–Crippen LogP) is 3.81. The molecule has 3 rings (SSSR count). The average Bonchev–Trinajstić information content (AvgIpc) is 2.97. The number of alkyl halides is 3. The minimum atomic E-state index is -4.93. The Morgan fingerprint density at radius 3 is 2.55 bits per heavy atom. The quantitative estimate of drug-likeness (QED) is 0.674. The number of fused-ring (bicyclic) bond motifs is 1. The van der Waals surface area contributed by atoms with Gasteiger partial charge in [0.15, 0.2) is 4.96 Å². The third kappa shape index (κ3) is 2.00. The summed E-state index contributed by atoms with van der Waals surface area (Å²) in [4.78, 5) is 16.1. The fourth-order valence-corrected chi connectivity index (χ4v) is 2.65. The van der Waals surface area contributed by atoms with E-state index in [1.54, 1.807) is 35.7 Å². The number of nitrogens with zero attached hydrogens (tertiary/aromatic N) is 2. The largest absolute Gasteiger partial charge is 0.456 e. The van der Waals surface area contributed by atoms with E-state index < -0.39 is 17.7 Å². The van der Waals surface area contributed by atoms with Crippen molar-refractivity contribution >= 4 is 22.1 Å². The summed E-state index contributed by atoms with van der Waals surface area (Å²) in [5.74, 6) is -1.89. The fourth-order valence-electron chi connectivity index (χ4n) is 1.93. The number of rotatable bonds is 2. The number of halogens is 3. The number of thiazole rings is 1. The third-order valence-electron chi connectivity index (χ3n) is 2.78. The highest BCUT2D eigenvalue weighted by atomic mass is 32.1. The van der Waals surface area contributed by atoms with E-state index in [0.29, 0.717) is 10.5 Å². The normalized spacial score (nSPS) is 11.9. The summed E-state index contributed by atoms with van der Waals surface area (Å²) in [6.07, 6.45) is -3.51. The molecule has 7 heteroatoms. The van der Waals surface area contributed by atoms with Crippen LogP contribution < -0.4 is 0 Å². The van der Waals surface area contributed by atoms with Gasteiger partial charge in [-0.05, 0) is 0 Å². The van der Waals surface area contributed by atoms with Crippen molar-refractivity contribution in [2.24, 2.45) is 0 Å². The Balaban J connectivity index is 2.28. The van der Waals surface area contributed by atoms with E-state index in [1.807, 2.05) is 0 Å². The van der Waals surface area contributed by atoms with E-state index >= 15 is 0 Å². The maximum atomic E-state index is 12.8. The lowest BCUT2D eigenvalue weighted by Gasteiger charge is -2.06. The number of ketones is 1. The second-order valence-corrected chi connectivity index (χ2v) is 4.93. The van der Waals surface area contributed by atoms with Crippen LogP contribution in [-0.4, -0.2) is 21.3 Å². The van der Waals surface area contributed by atoms with Gasteiger partial charge >= 0.3 is 6.18 Å². The molecule has 0 saturated carbocycles. The first-order valence-electron chi connectivity index (χ1n) is 5.61. The molecule has 0 atom stereocenters. The summed E-state index contributed by atoms with van der Waals surface area (Å²) in [7, 11) is 0. The number of benzene rings is 1. The van der Waals surface area contributed by atoms with Crippen molar-refractivity contribution in [2.75, 3.05) is 0 Å². The Morgan fingerprint density at radius 1 is 1.20 bits per heavy atom. The highest BCUT2D eigenvalue weighted by Crippen LogP contribution is 2.31. The summed E-state index contributed by atoms with van der Waals surface area (Å²) in [6.45, 7) is 0. The molecule has 0 amide bonds. The van der Waals surface area contributed by atoms with Crippen molar-refractivity contribution < 1.29 is 18.0 Å². The summed E-state index contributed by atoms with van der Waals surface area (Å²) in [5, 5.41) is 1.59. The topological polar surface area (TPSA) is 34.4 Å². The Bertz CT molecular complexity index is 774. The summed E-state index contributed by atoms with van der Waals surface area (Å²) >= 11 is 1.18. The smallest absolute Gasteiger partial charge is 0.287 e. The lowest BCUT2D eigenvalue weighted by atomic mass is 10.1. The third-order valence-corrected chi connectivity index (χ3v) is 3.54. The van der Waals surface area contributed by atoms with Crippen molar-refractivity contribution in [1.82, 2.24) is 9.38 Å². The molecule has 2 aromatic heterocycles. The standard InChI is InChI=1S/C13H7F3N2OS/c14-13(15,16)11(19)10-9(8-4-2-1-3-5-8)17-12-18(10)6-7-20-12/h1-7H. The first kappa shape index (κ1) is 12.9. The van der Waals surface area contributed by atoms with Crippen molar-refractivity contribution in [3.05, 3.63) is 47.6 Å². The number of Topliss-reactive ketones (excluding diaryl/α,β-unsaturated/α-hetero) is 1. The summed E-state index contributed by atoms with van der Waals surface area (Å²) in [5.41, 5.74) is 0.0933. The Kier molecular flexibility index (Phi) is 2.86. The molecule has 102 valence electrons. The van der Waals surface area contributed by atoms with Crippen molar-refractivity contribution in [3.63, 3.8) is 0 Å². The highest BCUT2D eigenvalue weighted by molar-refractivity contribution is 7.15. The zero-order valence-corrected chi connectivity index (χ0v) is 10.7. The SMILES string of the molecule is O=C(c1c(-c2ccccc2)nc2sccn12)C(F)(F)F. The van der Waals surface area contributed by atoms with E-state index in [9.17, 15) is 18.0 Å². The minimum Gasteiger partial charge on any atom is -0.287 e. The highest BCUT2D eigenvalue weighted by Gasteiger charge is 2.43. The van der Waals surface area contributed by atoms with Crippen LogP contribution in [0.25, 0.3) is 16.2 Å². The van der Waals surface area contributed by atoms with Crippen LogP contribution in [0, 0.1) is 0 Å². The fraction of sp³-hybridized carbons (Fsp3) is 0.0769. The molecule has 0 fully saturated rings. The molecule has 1 aromatic carbocycles. The van der Waals surface area contributed by atoms with E-state index in [2.05, 4.69) is 4.98 Å². The van der Waals surface area contributed by atoms with Crippen molar-refractivity contribution in [3.8, 4) is 11.3 Å². The molecule has 0 N–H and O–H groups in total. The molecule has 0 saturated heterocycles. The van der Waals surface area contributed by atoms with Gasteiger partial charge in [-0.15, -0.1) is 11.3 Å². The van der Waals surface area contributed by atoms with Gasteiger partial charge in [0, 0.05) is 17.1 Å². The molecule has 0 aliphatic rings. The van der Waals surface area contributed by atoms with E-state index in [0.717, 1.165) is 0 Å². The van der Waals surface area contributed by atoms with Crippen LogP contribution in [0.4, 0.5) is 13.2 Å². The van der Waals surface area contributed by atoms with Gasteiger partial charge in [0.05, 0.1) is 0 Å². The van der Waals surface area contributed by atoms with Gasteiger partial charge < -0.3 is 0 Å². The number of imidazole rings is 1. The lowest BCUT2D eigenvalue weighted by Crippen LogP contribution is -2.24. The van der Waals surface area contributed by atoms with E-state index in [4.69, 9.17) is 0 Å². The molecule has 20 heavy (non-hydrogen) atoms. The molecule has 2 heterocycles. The van der Waals surface area contributed by atoms with Gasteiger partial charge in [0.25, 0.3) is 5.78 Å². The number of carbonyl (C=O) groups excluding carboxylic acids is 1. The Morgan fingerprint density at radius 2 is 1.90 bits per heavy atom. The first-order chi connectivity index (χ1) is 9.48. The molecule has 3 aromatic rings. The van der Waals surface area contributed by atoms with E-state index in [1.165, 1.54) is 21.9 Å². The average molecular weight is 296 g/mol. The van der Waals surface area contributed by atoms with Crippen molar-refractivity contribution in [1.29, 1.82) is 0 Å². The minimum absolute atomic E-state index is 0.0553. The van der Waals surface area contributed by atoms with Crippen LogP contribution in [0.5, 0.6) is 0 Å². The Labute approximate surface area is 115 Å². The zero-order valence-electron chi connectivity index (χ0n) is 9.89. The Hall–Kier alpha value is -2.15. The molecule has 0 radical (unpaired) electrons. The van der Waals surface area contributed by atoms with Crippen LogP contribution in [-0.2, 0) is 0 Å². The molecular formula is C13H7F3N2OS. The molecule has 0 bridgehead atoms. The van der Waals surface area contributed by atoms with Gasteiger partial charge in [0.1, 0.15) is 11.4 Å². The maximum absolute atomic E-state index is 12.8. The van der Waals surface area contributed by atoms with Crippen LogP contribution in [0.15, 0.2) is 41.9 Å². The summed E-state index contributed by atoms with van der Waals surface area (Å²) < 4.78 is 39.4. The van der Waals surface area contributed by atoms with Gasteiger partial charge in [-0.3, -0.25) is 9.20 Å². The van der Waals surface area contributed by atoms with Crippen LogP contribution in [0.1, 0.15) is 10.5 Å². The number of carbonyl (C=O) groups is 1. The van der Waals surface area contributed by atoms with E-state index in [-0.39, 0.29) is 5.69 Å². The van der Waals surface area contributed by atoms with Gasteiger partial charge in [-0.2, -0.15) is 13.2 Å². The lowest BCUT2D eigenvalue weighted by molar-refractivity contribution is -0.0888. The zero-order chi connectivity index (χ0) is 14.3. The molecular weight excluding hydrogens is 289 g/mol. The second-order valence-electron chi connectivity index (χ2n) is 4.06. The van der Waals surface area contributed by atoms with Gasteiger partial charge in [-0.1, -0.05) is 30.3 Å². The number of hydrogen-bond acceptors (Lipinski definition) is 3. The molecule has 0 aliphatic carbocycles. The van der Waals surface area contributed by atoms with Crippen molar-refractivity contribution in [2.45, 2.75) is 6.18 Å². The second kappa shape index (κ2) is 4.45. The molecule has 0 aliphatic heterocycles. The molecule has 0 spiro atoms. The molecule has 0 unspecified atom stereocenters. The van der Waals surface area contributed by atoms with Gasteiger partial charge in [-0.25, -0.2) is 4.98 Å². The number of aromatic nitrogens is 2. The monoisotopic (exact) mass is 296 g/mol. The van der Waals surface area contributed by atoms with Gasteiger partial charge in [0.2, 0.25) is 0 Å². The molecule has 3 nitrogen and oxygen atoms in total.